The van der Waals surface area contributed by atoms with Gasteiger partial charge in [0.2, 0.25) is 5.91 Å². The average Bonchev–Trinajstić information content (AvgIpc) is 3.18. The molecule has 2 heterocycles. The second-order valence-electron chi connectivity index (χ2n) is 6.65. The minimum Gasteiger partial charge on any atom is -0.508 e. The fourth-order valence-electron chi connectivity index (χ4n) is 3.26. The van der Waals surface area contributed by atoms with Crippen molar-refractivity contribution in [3.63, 3.8) is 0 Å². The normalized spacial score (nSPS) is 20.9. The zero-order valence-corrected chi connectivity index (χ0v) is 17.2. The molecule has 0 saturated carbocycles. The number of aromatic hydroxyl groups is 1. The number of benzene rings is 2. The molecular formula is C22H16N2O4S2. The summed E-state index contributed by atoms with van der Waals surface area (Å²) in [7, 11) is 0. The summed E-state index contributed by atoms with van der Waals surface area (Å²) in [6.45, 7) is 0. The lowest BCUT2D eigenvalue weighted by Crippen LogP contribution is -2.44. The van der Waals surface area contributed by atoms with E-state index in [-0.39, 0.29) is 22.4 Å². The molecule has 1 unspecified atom stereocenters. The molecule has 8 heteroatoms. The van der Waals surface area contributed by atoms with Gasteiger partial charge in [-0.2, -0.15) is 0 Å². The number of carbonyl (C=O) groups excluding carboxylic acids is 3. The van der Waals surface area contributed by atoms with E-state index in [1.165, 1.54) is 29.2 Å². The summed E-state index contributed by atoms with van der Waals surface area (Å²) in [6.07, 6.45) is 5.14. The van der Waals surface area contributed by atoms with Crippen LogP contribution in [-0.4, -0.2) is 38.1 Å². The number of hydrogen-bond donors (Lipinski definition) is 1. The summed E-state index contributed by atoms with van der Waals surface area (Å²) in [5.74, 6) is -1.29. The molecule has 0 spiro atoms. The number of phenolic OH excluding ortho intramolecular Hbond substituents is 1. The number of allylic oxidation sites excluding steroid dienone is 2. The van der Waals surface area contributed by atoms with E-state index < -0.39 is 17.9 Å². The second kappa shape index (κ2) is 8.25. The lowest BCUT2D eigenvalue weighted by Gasteiger charge is -2.21. The van der Waals surface area contributed by atoms with E-state index in [2.05, 4.69) is 0 Å². The zero-order valence-electron chi connectivity index (χ0n) is 15.6. The summed E-state index contributed by atoms with van der Waals surface area (Å²) < 4.78 is 0.248. The Bertz CT molecular complexity index is 1090. The van der Waals surface area contributed by atoms with Crippen molar-refractivity contribution in [3.8, 4) is 5.75 Å². The van der Waals surface area contributed by atoms with Crippen molar-refractivity contribution in [3.05, 3.63) is 77.2 Å². The molecule has 1 N–H and O–H groups in total. The molecule has 30 heavy (non-hydrogen) atoms. The minimum absolute atomic E-state index is 0.0278. The third-order valence-electron chi connectivity index (χ3n) is 4.70. The minimum atomic E-state index is -0.970. The zero-order chi connectivity index (χ0) is 21.3. The molecule has 4 rings (SSSR count). The molecule has 2 aromatic carbocycles. The van der Waals surface area contributed by atoms with Gasteiger partial charge >= 0.3 is 0 Å². The highest BCUT2D eigenvalue weighted by atomic mass is 32.2. The van der Waals surface area contributed by atoms with Crippen molar-refractivity contribution in [2.45, 2.75) is 12.5 Å². The lowest BCUT2D eigenvalue weighted by atomic mass is 10.2. The van der Waals surface area contributed by atoms with Crippen molar-refractivity contribution in [1.82, 2.24) is 4.90 Å². The first kappa shape index (κ1) is 20.1. The first-order valence-electron chi connectivity index (χ1n) is 9.10. The molecule has 0 aliphatic carbocycles. The van der Waals surface area contributed by atoms with Crippen LogP contribution in [0.3, 0.4) is 0 Å². The Balaban J connectivity index is 1.53. The maximum absolute atomic E-state index is 12.9. The third kappa shape index (κ3) is 3.79. The summed E-state index contributed by atoms with van der Waals surface area (Å²) in [6, 6.07) is 14.4. The molecule has 2 aliphatic rings. The van der Waals surface area contributed by atoms with Gasteiger partial charge < -0.3 is 5.11 Å². The Kier molecular flexibility index (Phi) is 5.52. The van der Waals surface area contributed by atoms with Gasteiger partial charge in [-0.1, -0.05) is 66.5 Å². The Labute approximate surface area is 182 Å². The maximum Gasteiger partial charge on any atom is 0.266 e. The molecule has 150 valence electrons. The van der Waals surface area contributed by atoms with Gasteiger partial charge in [-0.25, -0.2) is 4.90 Å². The molecule has 1 atom stereocenters. The van der Waals surface area contributed by atoms with Crippen LogP contribution in [0.4, 0.5) is 5.69 Å². The fraction of sp³-hybridized carbons (Fsp3) is 0.0909. The Morgan fingerprint density at radius 1 is 1.03 bits per heavy atom. The maximum atomic E-state index is 12.9. The molecule has 2 fully saturated rings. The number of hydrogen-bond acceptors (Lipinski definition) is 6. The van der Waals surface area contributed by atoms with Gasteiger partial charge in [-0.05, 0) is 35.9 Å². The highest BCUT2D eigenvalue weighted by Crippen LogP contribution is 2.36. The first-order valence-corrected chi connectivity index (χ1v) is 10.3. The van der Waals surface area contributed by atoms with Gasteiger partial charge in [-0.3, -0.25) is 19.3 Å². The molecule has 2 aromatic rings. The van der Waals surface area contributed by atoms with Crippen LogP contribution in [0.25, 0.3) is 6.08 Å². The van der Waals surface area contributed by atoms with Crippen molar-refractivity contribution in [2.75, 3.05) is 4.90 Å². The van der Waals surface area contributed by atoms with Crippen LogP contribution in [0, 0.1) is 0 Å². The van der Waals surface area contributed by atoms with Crippen LogP contribution >= 0.6 is 24.0 Å². The number of carbonyl (C=O) groups is 3. The van der Waals surface area contributed by atoms with Crippen molar-refractivity contribution in [1.29, 1.82) is 0 Å². The highest BCUT2D eigenvalue weighted by Gasteiger charge is 2.48. The van der Waals surface area contributed by atoms with Crippen molar-refractivity contribution < 1.29 is 19.5 Å². The van der Waals surface area contributed by atoms with E-state index in [4.69, 9.17) is 12.2 Å². The molecule has 0 bridgehead atoms. The molecule has 2 aliphatic heterocycles. The number of imide groups is 1. The summed E-state index contributed by atoms with van der Waals surface area (Å²) in [4.78, 5) is 41.0. The number of thiocarbonyl (C=S) groups is 1. The smallest absolute Gasteiger partial charge is 0.266 e. The van der Waals surface area contributed by atoms with E-state index in [0.29, 0.717) is 10.6 Å². The van der Waals surface area contributed by atoms with Gasteiger partial charge in [0.05, 0.1) is 17.0 Å². The van der Waals surface area contributed by atoms with Gasteiger partial charge in [0.25, 0.3) is 11.8 Å². The summed E-state index contributed by atoms with van der Waals surface area (Å²) in [5.41, 5.74) is 1.34. The van der Waals surface area contributed by atoms with Crippen LogP contribution in [-0.2, 0) is 14.4 Å². The van der Waals surface area contributed by atoms with Crippen LogP contribution in [0.1, 0.15) is 12.0 Å². The largest absolute Gasteiger partial charge is 0.508 e. The number of rotatable bonds is 4. The van der Waals surface area contributed by atoms with Crippen molar-refractivity contribution in [2.24, 2.45) is 0 Å². The third-order valence-corrected chi connectivity index (χ3v) is 6.05. The molecule has 0 radical (unpaired) electrons. The molecule has 3 amide bonds. The SMILES string of the molecule is O=C1CC(N2C(=O)/C(=C/C=C/c3ccccc3)SC2=S)C(=O)N1c1ccc(O)cc1. The standard InChI is InChI=1S/C22H16N2O4S2/c25-16-11-9-15(10-12-16)23-19(26)13-17(20(23)27)24-21(28)18(30-22(24)29)8-4-7-14-5-2-1-3-6-14/h1-12,17,25H,13H2/b7-4+,18-8-. The van der Waals surface area contributed by atoms with E-state index >= 15 is 0 Å². The molecule has 0 aromatic heterocycles. The molecule has 2 saturated heterocycles. The Morgan fingerprint density at radius 2 is 1.73 bits per heavy atom. The van der Waals surface area contributed by atoms with Crippen molar-refractivity contribution >= 4 is 57.8 Å². The lowest BCUT2D eigenvalue weighted by molar-refractivity contribution is -0.130. The van der Waals surface area contributed by atoms with E-state index in [1.807, 2.05) is 36.4 Å². The predicted molar refractivity (Wildman–Crippen MR) is 120 cm³/mol. The Hall–Kier alpha value is -3.23. The number of nitrogens with zero attached hydrogens (tertiary/aromatic N) is 2. The number of amides is 3. The van der Waals surface area contributed by atoms with E-state index in [0.717, 1.165) is 22.2 Å². The van der Waals surface area contributed by atoms with E-state index in [1.54, 1.807) is 12.2 Å². The topological polar surface area (TPSA) is 77.9 Å². The first-order chi connectivity index (χ1) is 14.5. The quantitative estimate of drug-likeness (QED) is 0.449. The van der Waals surface area contributed by atoms with Gasteiger partial charge in [0, 0.05) is 0 Å². The number of thioether (sulfide) groups is 1. The summed E-state index contributed by atoms with van der Waals surface area (Å²) >= 11 is 6.44. The summed E-state index contributed by atoms with van der Waals surface area (Å²) in [5, 5.41) is 9.43. The monoisotopic (exact) mass is 436 g/mol. The van der Waals surface area contributed by atoms with Gasteiger partial charge in [0.15, 0.2) is 0 Å². The number of anilines is 1. The van der Waals surface area contributed by atoms with Crippen LogP contribution in [0.5, 0.6) is 5.75 Å². The molecule has 6 nitrogen and oxygen atoms in total. The van der Waals surface area contributed by atoms with Gasteiger partial charge in [0.1, 0.15) is 16.1 Å². The molecular weight excluding hydrogens is 420 g/mol. The average molecular weight is 437 g/mol. The van der Waals surface area contributed by atoms with Gasteiger partial charge in [-0.15, -0.1) is 0 Å². The predicted octanol–water partition coefficient (Wildman–Crippen LogP) is 3.48. The second-order valence-corrected chi connectivity index (χ2v) is 8.32. The van der Waals surface area contributed by atoms with Crippen LogP contribution < -0.4 is 4.90 Å². The Morgan fingerprint density at radius 3 is 2.43 bits per heavy atom. The van der Waals surface area contributed by atoms with Crippen LogP contribution in [0.2, 0.25) is 0 Å². The fourth-order valence-corrected chi connectivity index (χ4v) is 4.57. The van der Waals surface area contributed by atoms with Crippen LogP contribution in [0.15, 0.2) is 71.7 Å². The number of phenols is 1. The van der Waals surface area contributed by atoms with E-state index in [9.17, 15) is 19.5 Å². The highest BCUT2D eigenvalue weighted by molar-refractivity contribution is 8.26.